The molecule has 1 aromatic rings. The topological polar surface area (TPSA) is 15.3 Å². The van der Waals surface area contributed by atoms with E-state index >= 15 is 0 Å². The fourth-order valence-corrected chi connectivity index (χ4v) is 3.58. The van der Waals surface area contributed by atoms with Gasteiger partial charge < -0.3 is 5.32 Å². The number of halogens is 2. The third-order valence-electron chi connectivity index (χ3n) is 3.42. The lowest BCUT2D eigenvalue weighted by Gasteiger charge is -2.31. The van der Waals surface area contributed by atoms with Gasteiger partial charge in [0.1, 0.15) is 0 Å². The maximum Gasteiger partial charge on any atom is 0.0701 e. The van der Waals surface area contributed by atoms with Crippen LogP contribution in [0.25, 0.3) is 0 Å². The quantitative estimate of drug-likeness (QED) is 0.867. The summed E-state index contributed by atoms with van der Waals surface area (Å²) < 4.78 is 1.24. The molecule has 0 aromatic carbocycles. The minimum Gasteiger partial charge on any atom is -0.317 e. The predicted molar refractivity (Wildman–Crippen MR) is 85.8 cm³/mol. The van der Waals surface area contributed by atoms with Crippen LogP contribution in [0.1, 0.15) is 25.3 Å². The van der Waals surface area contributed by atoms with Gasteiger partial charge in [0.15, 0.2) is 0 Å². The normalized spacial score (nSPS) is 17.7. The third-order valence-corrected chi connectivity index (χ3v) is 4.97. The molecule has 0 bridgehead atoms. The van der Waals surface area contributed by atoms with Crippen molar-refractivity contribution in [3.05, 3.63) is 20.8 Å². The van der Waals surface area contributed by atoms with Crippen LogP contribution >= 0.6 is 39.7 Å². The number of hydrogen-bond donors (Lipinski definition) is 1. The van der Waals surface area contributed by atoms with Crippen LogP contribution in [-0.2, 0) is 6.54 Å². The zero-order valence-corrected chi connectivity index (χ0v) is 14.0. The Balaban J connectivity index is 0.00000162. The Morgan fingerprint density at radius 1 is 1.44 bits per heavy atom. The molecule has 1 fully saturated rings. The number of nitrogens with zero attached hydrogens (tertiary/aromatic N) is 1. The number of likely N-dealkylation sites (tertiary alicyclic amines) is 1. The number of nitrogens with one attached hydrogen (secondary N) is 1. The standard InChI is InChI=1S/C13H21BrN2S.ClH/c1-2-15-8-11-3-5-16(6-4-11)9-12-7-13(14)17-10-12;/h7,10-11,15H,2-6,8-9H2,1H3;1H. The van der Waals surface area contributed by atoms with Crippen molar-refractivity contribution in [3.63, 3.8) is 0 Å². The van der Waals surface area contributed by atoms with Crippen LogP contribution in [0.15, 0.2) is 15.2 Å². The highest BCUT2D eigenvalue weighted by atomic mass is 79.9. The monoisotopic (exact) mass is 352 g/mol. The lowest BCUT2D eigenvalue weighted by molar-refractivity contribution is 0.176. The molecule has 0 aliphatic carbocycles. The third kappa shape index (κ3) is 5.17. The molecule has 0 atom stereocenters. The van der Waals surface area contributed by atoms with Crippen LogP contribution in [0, 0.1) is 5.92 Å². The molecule has 1 aliphatic heterocycles. The van der Waals surface area contributed by atoms with Gasteiger partial charge in [-0.25, -0.2) is 0 Å². The van der Waals surface area contributed by atoms with E-state index in [-0.39, 0.29) is 12.4 Å². The number of piperidine rings is 1. The summed E-state index contributed by atoms with van der Waals surface area (Å²) in [6, 6.07) is 2.25. The summed E-state index contributed by atoms with van der Waals surface area (Å²) in [5, 5.41) is 5.72. The SMILES string of the molecule is CCNCC1CCN(Cc2csc(Br)c2)CC1.Cl. The Labute approximate surface area is 129 Å². The largest absolute Gasteiger partial charge is 0.317 e. The molecule has 0 unspecified atom stereocenters. The van der Waals surface area contributed by atoms with Crippen molar-refractivity contribution >= 4 is 39.7 Å². The summed E-state index contributed by atoms with van der Waals surface area (Å²) in [5.74, 6) is 0.889. The van der Waals surface area contributed by atoms with Gasteiger partial charge in [0, 0.05) is 6.54 Å². The van der Waals surface area contributed by atoms with Gasteiger partial charge in [0.2, 0.25) is 0 Å². The minimum atomic E-state index is 0. The maximum atomic E-state index is 3.53. The van der Waals surface area contributed by atoms with Gasteiger partial charge >= 0.3 is 0 Å². The van der Waals surface area contributed by atoms with E-state index in [1.54, 1.807) is 11.3 Å². The molecule has 104 valence electrons. The molecule has 2 heterocycles. The van der Waals surface area contributed by atoms with E-state index in [9.17, 15) is 0 Å². The molecule has 18 heavy (non-hydrogen) atoms. The molecule has 2 nitrogen and oxygen atoms in total. The highest BCUT2D eigenvalue weighted by Crippen LogP contribution is 2.24. The van der Waals surface area contributed by atoms with E-state index in [2.05, 4.69) is 44.5 Å². The molecule has 1 aromatic heterocycles. The summed E-state index contributed by atoms with van der Waals surface area (Å²) in [5.41, 5.74) is 1.45. The molecular weight excluding hydrogens is 332 g/mol. The molecule has 0 saturated carbocycles. The molecule has 1 N–H and O–H groups in total. The van der Waals surface area contributed by atoms with Gasteiger partial charge in [0.05, 0.1) is 3.79 Å². The summed E-state index contributed by atoms with van der Waals surface area (Å²) >= 11 is 5.31. The van der Waals surface area contributed by atoms with Gasteiger partial charge in [-0.2, -0.15) is 0 Å². The number of thiophene rings is 1. The molecule has 0 amide bonds. The first-order valence-corrected chi connectivity index (χ1v) is 8.11. The van der Waals surface area contributed by atoms with Crippen molar-refractivity contribution in [1.82, 2.24) is 10.2 Å². The first-order chi connectivity index (χ1) is 8.28. The highest BCUT2D eigenvalue weighted by Gasteiger charge is 2.18. The molecule has 2 rings (SSSR count). The zero-order valence-electron chi connectivity index (χ0n) is 10.8. The van der Waals surface area contributed by atoms with Crippen LogP contribution in [0.3, 0.4) is 0 Å². The average Bonchev–Trinajstić information content (AvgIpc) is 2.74. The lowest BCUT2D eigenvalue weighted by atomic mass is 9.96. The van der Waals surface area contributed by atoms with Crippen molar-refractivity contribution in [1.29, 1.82) is 0 Å². The molecular formula is C13H22BrClN2S. The molecule has 0 radical (unpaired) electrons. The predicted octanol–water partition coefficient (Wildman–Crippen LogP) is 3.75. The molecule has 0 spiro atoms. The summed E-state index contributed by atoms with van der Waals surface area (Å²) in [7, 11) is 0. The van der Waals surface area contributed by atoms with Crippen LogP contribution in [0.4, 0.5) is 0 Å². The summed E-state index contributed by atoms with van der Waals surface area (Å²) in [4.78, 5) is 2.58. The molecule has 5 heteroatoms. The maximum absolute atomic E-state index is 3.53. The first-order valence-electron chi connectivity index (χ1n) is 6.44. The van der Waals surface area contributed by atoms with Crippen molar-refractivity contribution < 1.29 is 0 Å². The number of hydrogen-bond acceptors (Lipinski definition) is 3. The summed E-state index contributed by atoms with van der Waals surface area (Å²) in [6.07, 6.45) is 2.69. The Kier molecular flexibility index (Phi) is 7.80. The van der Waals surface area contributed by atoms with Crippen LogP contribution in [-0.4, -0.2) is 31.1 Å². The van der Waals surface area contributed by atoms with Crippen molar-refractivity contribution in [2.24, 2.45) is 5.92 Å². The molecule has 1 aliphatic rings. The minimum absolute atomic E-state index is 0. The lowest BCUT2D eigenvalue weighted by Crippen LogP contribution is -2.36. The van der Waals surface area contributed by atoms with Gasteiger partial charge in [-0.05, 0) is 77.9 Å². The second kappa shape index (κ2) is 8.54. The Hall–Kier alpha value is 0.390. The van der Waals surface area contributed by atoms with Crippen LogP contribution < -0.4 is 5.32 Å². The van der Waals surface area contributed by atoms with Gasteiger partial charge in [-0.1, -0.05) is 6.92 Å². The second-order valence-corrected chi connectivity index (χ2v) is 7.08. The smallest absolute Gasteiger partial charge is 0.0701 e. The van der Waals surface area contributed by atoms with E-state index in [1.165, 1.54) is 41.8 Å². The van der Waals surface area contributed by atoms with Gasteiger partial charge in [-0.3, -0.25) is 4.90 Å². The van der Waals surface area contributed by atoms with E-state index in [1.807, 2.05) is 0 Å². The van der Waals surface area contributed by atoms with Crippen LogP contribution in [0.2, 0.25) is 0 Å². The zero-order chi connectivity index (χ0) is 12.1. The van der Waals surface area contributed by atoms with E-state index in [0.29, 0.717) is 0 Å². The highest BCUT2D eigenvalue weighted by molar-refractivity contribution is 9.11. The Bertz CT molecular complexity index is 337. The van der Waals surface area contributed by atoms with Gasteiger partial charge in [0.25, 0.3) is 0 Å². The average molecular weight is 354 g/mol. The number of rotatable bonds is 5. The second-order valence-electron chi connectivity index (χ2n) is 4.79. The van der Waals surface area contributed by atoms with Crippen LogP contribution in [0.5, 0.6) is 0 Å². The summed E-state index contributed by atoms with van der Waals surface area (Å²) in [6.45, 7) is 8.12. The van der Waals surface area contributed by atoms with Crippen molar-refractivity contribution in [3.8, 4) is 0 Å². The fraction of sp³-hybridized carbons (Fsp3) is 0.692. The van der Waals surface area contributed by atoms with E-state index in [4.69, 9.17) is 0 Å². The van der Waals surface area contributed by atoms with Gasteiger partial charge in [-0.15, -0.1) is 23.7 Å². The molecule has 1 saturated heterocycles. The van der Waals surface area contributed by atoms with Crippen molar-refractivity contribution in [2.75, 3.05) is 26.2 Å². The first kappa shape index (κ1) is 16.4. The van der Waals surface area contributed by atoms with Crippen molar-refractivity contribution in [2.45, 2.75) is 26.3 Å². The Morgan fingerprint density at radius 2 is 2.17 bits per heavy atom. The fourth-order valence-electron chi connectivity index (χ4n) is 2.38. The van der Waals surface area contributed by atoms with E-state index in [0.717, 1.165) is 19.0 Å². The Morgan fingerprint density at radius 3 is 2.72 bits per heavy atom. The van der Waals surface area contributed by atoms with E-state index < -0.39 is 0 Å².